The molecule has 4 nitrogen and oxygen atoms in total. The van der Waals surface area contributed by atoms with E-state index in [0.29, 0.717) is 12.3 Å². The third-order valence-electron chi connectivity index (χ3n) is 3.36. The van der Waals surface area contributed by atoms with Crippen molar-refractivity contribution in [3.63, 3.8) is 0 Å². The van der Waals surface area contributed by atoms with Crippen molar-refractivity contribution < 1.29 is 5.11 Å². The maximum absolute atomic E-state index is 10.0. The molecule has 1 fully saturated rings. The first-order valence-corrected chi connectivity index (χ1v) is 5.77. The van der Waals surface area contributed by atoms with Crippen molar-refractivity contribution in [1.29, 1.82) is 0 Å². The molecule has 15 heavy (non-hydrogen) atoms. The summed E-state index contributed by atoms with van der Waals surface area (Å²) in [7, 11) is 0. The predicted molar refractivity (Wildman–Crippen MR) is 57.3 cm³/mol. The highest BCUT2D eigenvalue weighted by atomic mass is 16.3. The second-order valence-electron chi connectivity index (χ2n) is 4.46. The molecule has 1 aromatic rings. The second kappa shape index (κ2) is 4.31. The first-order chi connectivity index (χ1) is 7.22. The van der Waals surface area contributed by atoms with Crippen molar-refractivity contribution in [3.05, 3.63) is 12.2 Å². The van der Waals surface area contributed by atoms with Gasteiger partial charge in [0.15, 0.2) is 0 Å². The summed E-state index contributed by atoms with van der Waals surface area (Å²) in [6, 6.07) is 0. The average Bonchev–Trinajstić information content (AvgIpc) is 2.99. The molecule has 1 aliphatic carbocycles. The minimum absolute atomic E-state index is 0.271. The SMILES string of the molecule is CCn1ncnc1CC(O)C(C)C1CC1. The fourth-order valence-electron chi connectivity index (χ4n) is 2.02. The summed E-state index contributed by atoms with van der Waals surface area (Å²) in [5.74, 6) is 2.03. The van der Waals surface area contributed by atoms with E-state index in [4.69, 9.17) is 0 Å². The van der Waals surface area contributed by atoms with E-state index < -0.39 is 0 Å². The number of aliphatic hydroxyl groups is 1. The van der Waals surface area contributed by atoms with Crippen LogP contribution in [0.3, 0.4) is 0 Å². The summed E-state index contributed by atoms with van der Waals surface area (Å²) in [5.41, 5.74) is 0. The molecule has 0 aliphatic heterocycles. The lowest BCUT2D eigenvalue weighted by atomic mass is 9.96. The molecule has 1 aromatic heterocycles. The van der Waals surface area contributed by atoms with Gasteiger partial charge in [0.1, 0.15) is 12.2 Å². The molecule has 1 saturated carbocycles. The molecule has 1 N–H and O–H groups in total. The van der Waals surface area contributed by atoms with Crippen molar-refractivity contribution in [2.75, 3.05) is 0 Å². The third-order valence-corrected chi connectivity index (χ3v) is 3.36. The van der Waals surface area contributed by atoms with E-state index in [9.17, 15) is 5.11 Å². The molecular formula is C11H19N3O. The Morgan fingerprint density at radius 2 is 2.33 bits per heavy atom. The number of nitrogens with zero attached hydrogens (tertiary/aromatic N) is 3. The largest absolute Gasteiger partial charge is 0.392 e. The Balaban J connectivity index is 1.95. The zero-order valence-electron chi connectivity index (χ0n) is 9.43. The van der Waals surface area contributed by atoms with E-state index >= 15 is 0 Å². The van der Waals surface area contributed by atoms with Gasteiger partial charge in [-0.15, -0.1) is 0 Å². The molecule has 0 aromatic carbocycles. The minimum atomic E-state index is -0.271. The minimum Gasteiger partial charge on any atom is -0.392 e. The van der Waals surface area contributed by atoms with Gasteiger partial charge >= 0.3 is 0 Å². The Kier molecular flexibility index (Phi) is 3.05. The summed E-state index contributed by atoms with van der Waals surface area (Å²) in [6.07, 6.45) is 4.47. The van der Waals surface area contributed by atoms with Crippen LogP contribution in [0.15, 0.2) is 6.33 Å². The molecule has 1 heterocycles. The summed E-state index contributed by atoms with van der Waals surface area (Å²) < 4.78 is 1.85. The average molecular weight is 209 g/mol. The van der Waals surface area contributed by atoms with Crippen LogP contribution in [0.25, 0.3) is 0 Å². The number of aliphatic hydroxyl groups excluding tert-OH is 1. The normalized spacial score (nSPS) is 20.2. The fraction of sp³-hybridized carbons (Fsp3) is 0.818. The Morgan fingerprint density at radius 1 is 1.60 bits per heavy atom. The van der Waals surface area contributed by atoms with E-state index in [2.05, 4.69) is 17.0 Å². The van der Waals surface area contributed by atoms with E-state index in [-0.39, 0.29) is 6.10 Å². The van der Waals surface area contributed by atoms with Gasteiger partial charge in [-0.3, -0.25) is 4.68 Å². The van der Waals surface area contributed by atoms with Crippen LogP contribution in [0.2, 0.25) is 0 Å². The van der Waals surface area contributed by atoms with E-state index in [0.717, 1.165) is 18.3 Å². The summed E-state index contributed by atoms with van der Waals surface area (Å²) in [4.78, 5) is 4.18. The Morgan fingerprint density at radius 3 is 2.93 bits per heavy atom. The van der Waals surface area contributed by atoms with Gasteiger partial charge in [0.05, 0.1) is 6.10 Å². The van der Waals surface area contributed by atoms with Gasteiger partial charge in [-0.25, -0.2) is 4.98 Å². The van der Waals surface area contributed by atoms with Gasteiger partial charge in [0, 0.05) is 13.0 Å². The highest BCUT2D eigenvalue weighted by molar-refractivity contribution is 4.92. The van der Waals surface area contributed by atoms with Crippen LogP contribution in [-0.2, 0) is 13.0 Å². The van der Waals surface area contributed by atoms with Crippen LogP contribution in [0.1, 0.15) is 32.5 Å². The molecule has 0 saturated heterocycles. The maximum Gasteiger partial charge on any atom is 0.138 e. The molecule has 84 valence electrons. The lowest BCUT2D eigenvalue weighted by molar-refractivity contribution is 0.102. The van der Waals surface area contributed by atoms with Crippen LogP contribution in [0.5, 0.6) is 0 Å². The molecule has 0 amide bonds. The van der Waals surface area contributed by atoms with Crippen molar-refractivity contribution in [3.8, 4) is 0 Å². The molecule has 4 heteroatoms. The molecule has 2 atom stereocenters. The monoisotopic (exact) mass is 209 g/mol. The van der Waals surface area contributed by atoms with Crippen molar-refractivity contribution >= 4 is 0 Å². The molecule has 1 aliphatic rings. The molecule has 0 bridgehead atoms. The van der Waals surface area contributed by atoms with Gasteiger partial charge in [-0.05, 0) is 31.6 Å². The van der Waals surface area contributed by atoms with E-state index in [1.54, 1.807) is 6.33 Å². The molecule has 2 rings (SSSR count). The summed E-state index contributed by atoms with van der Waals surface area (Å²) in [5, 5.41) is 14.1. The second-order valence-corrected chi connectivity index (χ2v) is 4.46. The maximum atomic E-state index is 10.0. The fourth-order valence-corrected chi connectivity index (χ4v) is 2.02. The number of hydrogen-bond acceptors (Lipinski definition) is 3. The van der Waals surface area contributed by atoms with Crippen LogP contribution >= 0.6 is 0 Å². The Bertz CT molecular complexity index is 319. The highest BCUT2D eigenvalue weighted by Crippen LogP contribution is 2.38. The van der Waals surface area contributed by atoms with Crippen LogP contribution in [0, 0.1) is 11.8 Å². The first kappa shape index (κ1) is 10.6. The lowest BCUT2D eigenvalue weighted by Crippen LogP contribution is -2.24. The van der Waals surface area contributed by atoms with Crippen LogP contribution in [-0.4, -0.2) is 26.0 Å². The molecule has 0 radical (unpaired) electrons. The van der Waals surface area contributed by atoms with E-state index in [1.807, 2.05) is 11.6 Å². The summed E-state index contributed by atoms with van der Waals surface area (Å²) in [6.45, 7) is 4.99. The summed E-state index contributed by atoms with van der Waals surface area (Å²) >= 11 is 0. The number of hydrogen-bond donors (Lipinski definition) is 1. The first-order valence-electron chi connectivity index (χ1n) is 5.77. The number of rotatable bonds is 5. The zero-order chi connectivity index (χ0) is 10.8. The van der Waals surface area contributed by atoms with E-state index in [1.165, 1.54) is 12.8 Å². The van der Waals surface area contributed by atoms with Crippen LogP contribution < -0.4 is 0 Å². The topological polar surface area (TPSA) is 50.9 Å². The predicted octanol–water partition coefficient (Wildman–Crippen LogP) is 1.25. The van der Waals surface area contributed by atoms with Gasteiger partial charge < -0.3 is 5.11 Å². The third kappa shape index (κ3) is 2.37. The zero-order valence-corrected chi connectivity index (χ0v) is 9.43. The Hall–Kier alpha value is -0.900. The molecule has 2 unspecified atom stereocenters. The lowest BCUT2D eigenvalue weighted by Gasteiger charge is -2.17. The van der Waals surface area contributed by atoms with Crippen molar-refractivity contribution in [2.45, 2.75) is 45.8 Å². The number of aryl methyl sites for hydroxylation is 1. The van der Waals surface area contributed by atoms with Crippen molar-refractivity contribution in [1.82, 2.24) is 14.8 Å². The van der Waals surface area contributed by atoms with Gasteiger partial charge in [-0.1, -0.05) is 6.92 Å². The molecule has 0 spiro atoms. The standard InChI is InChI=1S/C11H19N3O/c1-3-14-11(12-7-13-14)6-10(15)8(2)9-4-5-9/h7-10,15H,3-6H2,1-2H3. The smallest absolute Gasteiger partial charge is 0.138 e. The van der Waals surface area contributed by atoms with Gasteiger partial charge in [0.2, 0.25) is 0 Å². The van der Waals surface area contributed by atoms with Crippen LogP contribution in [0.4, 0.5) is 0 Å². The quantitative estimate of drug-likeness (QED) is 0.794. The molecular weight excluding hydrogens is 190 g/mol. The van der Waals surface area contributed by atoms with Gasteiger partial charge in [-0.2, -0.15) is 5.10 Å². The van der Waals surface area contributed by atoms with Crippen molar-refractivity contribution in [2.24, 2.45) is 11.8 Å². The Labute approximate surface area is 90.3 Å². The number of aromatic nitrogens is 3. The highest BCUT2D eigenvalue weighted by Gasteiger charge is 2.32. The van der Waals surface area contributed by atoms with Gasteiger partial charge in [0.25, 0.3) is 0 Å².